The Morgan fingerprint density at radius 3 is 1.63 bits per heavy atom. The highest BCUT2D eigenvalue weighted by atomic mass is 32.3. The van der Waals surface area contributed by atoms with Crippen LogP contribution >= 0.6 is 0 Å². The van der Waals surface area contributed by atoms with Gasteiger partial charge in [0.05, 0.1) is 19.8 Å². The predicted octanol–water partition coefficient (Wildman–Crippen LogP) is 11.0. The van der Waals surface area contributed by atoms with Gasteiger partial charge in [0.15, 0.2) is 6.29 Å². The first-order valence-corrected chi connectivity index (χ1v) is 26.1. The summed E-state index contributed by atoms with van der Waals surface area (Å²) in [5, 5.41) is 30.7. The molecule has 13 heteroatoms. The standard InChI is InChI=1S/C49H90O12S/c1-3-5-7-9-11-13-15-17-19-20-21-22-23-24-25-26-28-30-32-34-36-38-45(51)59-43(41-57-39-37-35-33-31-29-27-18-16-14-12-10-8-6-4-2)42-58-49-47(53)48(61-62(54,55)56)46(52)44(40-50)60-49/h6,8,12,14,18,27,43-44,46-50,52-53H,3-5,7,9-11,13,15-17,19-26,28-42H2,1-2H3,(H,54,55,56)/b8-6-,14-12-,27-18-. The van der Waals surface area contributed by atoms with Gasteiger partial charge < -0.3 is 34.3 Å². The molecule has 1 saturated heterocycles. The molecule has 0 aromatic rings. The lowest BCUT2D eigenvalue weighted by Crippen LogP contribution is -2.60. The second-order valence-corrected chi connectivity index (χ2v) is 18.1. The number of allylic oxidation sites excluding steroid dienone is 6. The van der Waals surface area contributed by atoms with Gasteiger partial charge in [-0.05, 0) is 44.9 Å². The van der Waals surface area contributed by atoms with Crippen molar-refractivity contribution >= 4 is 16.4 Å². The summed E-state index contributed by atoms with van der Waals surface area (Å²) in [6, 6.07) is 0. The quantitative estimate of drug-likeness (QED) is 0.0197. The van der Waals surface area contributed by atoms with Crippen LogP contribution in [0.2, 0.25) is 0 Å². The second kappa shape index (κ2) is 40.8. The number of unbranched alkanes of at least 4 members (excludes halogenated alkanes) is 24. The largest absolute Gasteiger partial charge is 0.457 e. The fourth-order valence-corrected chi connectivity index (χ4v) is 8.08. The average molecular weight is 903 g/mol. The summed E-state index contributed by atoms with van der Waals surface area (Å²) < 4.78 is 59.1. The van der Waals surface area contributed by atoms with E-state index in [1.807, 2.05) is 0 Å². The molecule has 0 aromatic heterocycles. The lowest BCUT2D eigenvalue weighted by molar-refractivity contribution is -0.301. The molecule has 1 aliphatic rings. The van der Waals surface area contributed by atoms with Gasteiger partial charge in [0.25, 0.3) is 0 Å². The molecular weight excluding hydrogens is 813 g/mol. The van der Waals surface area contributed by atoms with E-state index >= 15 is 0 Å². The minimum Gasteiger partial charge on any atom is -0.457 e. The highest BCUT2D eigenvalue weighted by molar-refractivity contribution is 7.80. The van der Waals surface area contributed by atoms with Crippen LogP contribution in [0.15, 0.2) is 36.5 Å². The predicted molar refractivity (Wildman–Crippen MR) is 248 cm³/mol. The van der Waals surface area contributed by atoms with Crippen molar-refractivity contribution in [3.05, 3.63) is 36.5 Å². The molecule has 4 N–H and O–H groups in total. The van der Waals surface area contributed by atoms with Crippen molar-refractivity contribution in [3.63, 3.8) is 0 Å². The van der Waals surface area contributed by atoms with Crippen molar-refractivity contribution < 1.29 is 56.2 Å². The van der Waals surface area contributed by atoms with E-state index in [-0.39, 0.29) is 19.6 Å². The van der Waals surface area contributed by atoms with Crippen LogP contribution in [0.4, 0.5) is 0 Å². The smallest absolute Gasteiger partial charge is 0.397 e. The minimum atomic E-state index is -5.06. The number of ether oxygens (including phenoxy) is 4. The SMILES string of the molecule is CC/C=C\C/C=C\C/C=C\CCCCCCOCC(COC1OC(CO)C(O)C(OS(=O)(=O)O)C1O)OC(=O)CCCCCCCCCCCCCCCCCCCCCCC. The summed E-state index contributed by atoms with van der Waals surface area (Å²) in [6.45, 7) is 3.85. The fraction of sp³-hybridized carbons (Fsp3) is 0.857. The number of carbonyl (C=O) groups excluding carboxylic acids is 1. The number of rotatable bonds is 43. The summed E-state index contributed by atoms with van der Waals surface area (Å²) in [5.74, 6) is -0.404. The van der Waals surface area contributed by atoms with E-state index < -0.39 is 59.8 Å². The number of aliphatic hydroxyl groups excluding tert-OH is 3. The first-order valence-electron chi connectivity index (χ1n) is 24.7. The van der Waals surface area contributed by atoms with E-state index in [1.54, 1.807) is 0 Å². The van der Waals surface area contributed by atoms with Crippen molar-refractivity contribution in [2.24, 2.45) is 0 Å². The van der Waals surface area contributed by atoms with Crippen molar-refractivity contribution in [3.8, 4) is 0 Å². The molecule has 6 unspecified atom stereocenters. The molecule has 0 amide bonds. The Balaban J connectivity index is 2.36. The third kappa shape index (κ3) is 33.8. The Hall–Kier alpha value is -1.68. The highest BCUT2D eigenvalue weighted by Gasteiger charge is 2.48. The molecule has 1 fully saturated rings. The molecule has 0 aromatic carbocycles. The van der Waals surface area contributed by atoms with E-state index in [0.29, 0.717) is 13.0 Å². The van der Waals surface area contributed by atoms with Crippen LogP contribution in [0.1, 0.15) is 206 Å². The average Bonchev–Trinajstić information content (AvgIpc) is 3.24. The van der Waals surface area contributed by atoms with Crippen molar-refractivity contribution in [1.82, 2.24) is 0 Å². The van der Waals surface area contributed by atoms with Gasteiger partial charge in [-0.2, -0.15) is 8.42 Å². The zero-order valence-electron chi connectivity index (χ0n) is 38.9. The van der Waals surface area contributed by atoms with Gasteiger partial charge in [-0.15, -0.1) is 0 Å². The highest BCUT2D eigenvalue weighted by Crippen LogP contribution is 2.26. The van der Waals surface area contributed by atoms with Crippen molar-refractivity contribution in [2.75, 3.05) is 26.4 Å². The van der Waals surface area contributed by atoms with Crippen molar-refractivity contribution in [1.29, 1.82) is 0 Å². The minimum absolute atomic E-state index is 0.0232. The van der Waals surface area contributed by atoms with E-state index in [1.165, 1.54) is 109 Å². The molecule has 0 radical (unpaired) electrons. The molecule has 6 atom stereocenters. The molecule has 0 bridgehead atoms. The number of esters is 1. The third-order valence-electron chi connectivity index (χ3n) is 11.3. The Bertz CT molecular complexity index is 1230. The van der Waals surface area contributed by atoms with Gasteiger partial charge in [-0.3, -0.25) is 9.35 Å². The molecule has 1 heterocycles. The molecule has 62 heavy (non-hydrogen) atoms. The van der Waals surface area contributed by atoms with Gasteiger partial charge in [-0.25, -0.2) is 4.18 Å². The van der Waals surface area contributed by atoms with Crippen LogP contribution in [0.3, 0.4) is 0 Å². The van der Waals surface area contributed by atoms with Crippen LogP contribution in [0.25, 0.3) is 0 Å². The van der Waals surface area contributed by atoms with E-state index in [4.69, 9.17) is 18.9 Å². The first-order chi connectivity index (χ1) is 30.1. The van der Waals surface area contributed by atoms with Gasteiger partial charge in [0.1, 0.15) is 30.5 Å². The monoisotopic (exact) mass is 903 g/mol. The molecule has 0 spiro atoms. The molecule has 1 aliphatic heterocycles. The topological polar surface area (TPSA) is 178 Å². The molecule has 1 rings (SSSR count). The Kier molecular flexibility index (Phi) is 38.4. The van der Waals surface area contributed by atoms with Crippen molar-refractivity contribution in [2.45, 2.75) is 243 Å². The summed E-state index contributed by atoms with van der Waals surface area (Å²) in [7, 11) is -5.06. The maximum atomic E-state index is 12.9. The van der Waals surface area contributed by atoms with E-state index in [2.05, 4.69) is 54.5 Å². The summed E-state index contributed by atoms with van der Waals surface area (Å²) in [5.41, 5.74) is 0. The van der Waals surface area contributed by atoms with Gasteiger partial charge >= 0.3 is 16.4 Å². The Morgan fingerprint density at radius 2 is 1.11 bits per heavy atom. The number of aliphatic hydroxyl groups is 3. The second-order valence-electron chi connectivity index (χ2n) is 17.0. The molecule has 12 nitrogen and oxygen atoms in total. The lowest BCUT2D eigenvalue weighted by atomic mass is 9.99. The third-order valence-corrected chi connectivity index (χ3v) is 11.7. The molecule has 364 valence electrons. The Morgan fingerprint density at radius 1 is 0.629 bits per heavy atom. The van der Waals surface area contributed by atoms with E-state index in [0.717, 1.165) is 70.6 Å². The van der Waals surface area contributed by atoms with E-state index in [9.17, 15) is 33.1 Å². The summed E-state index contributed by atoms with van der Waals surface area (Å²) in [4.78, 5) is 12.9. The lowest BCUT2D eigenvalue weighted by Gasteiger charge is -2.41. The van der Waals surface area contributed by atoms with Gasteiger partial charge in [-0.1, -0.05) is 192 Å². The van der Waals surface area contributed by atoms with Crippen LogP contribution in [0, 0.1) is 0 Å². The zero-order chi connectivity index (χ0) is 45.4. The first kappa shape index (κ1) is 58.3. The van der Waals surface area contributed by atoms with Crippen LogP contribution in [0.5, 0.6) is 0 Å². The van der Waals surface area contributed by atoms with Crippen LogP contribution < -0.4 is 0 Å². The maximum absolute atomic E-state index is 12.9. The Labute approximate surface area is 377 Å². The number of carbonyl (C=O) groups is 1. The molecule has 0 aliphatic carbocycles. The van der Waals surface area contributed by atoms with Gasteiger partial charge in [0.2, 0.25) is 0 Å². The summed E-state index contributed by atoms with van der Waals surface area (Å²) >= 11 is 0. The van der Waals surface area contributed by atoms with Crippen LogP contribution in [-0.2, 0) is 38.3 Å². The molecule has 0 saturated carbocycles. The number of hydrogen-bond acceptors (Lipinski definition) is 11. The summed E-state index contributed by atoms with van der Waals surface area (Å²) in [6.07, 6.45) is 39.0. The van der Waals surface area contributed by atoms with Gasteiger partial charge in [0, 0.05) is 13.0 Å². The molecular formula is C49H90O12S. The fourth-order valence-electron chi connectivity index (χ4n) is 7.57. The van der Waals surface area contributed by atoms with Crippen LogP contribution in [-0.4, -0.2) is 97.5 Å². The number of hydrogen-bond donors (Lipinski definition) is 4. The normalized spacial score (nSPS) is 20.3. The zero-order valence-corrected chi connectivity index (χ0v) is 39.7. The maximum Gasteiger partial charge on any atom is 0.397 e.